The molecule has 0 aliphatic carbocycles. The van der Waals surface area contributed by atoms with Gasteiger partial charge in [-0.15, -0.1) is 11.8 Å². The van der Waals surface area contributed by atoms with E-state index in [2.05, 4.69) is 4.74 Å². The zero-order chi connectivity index (χ0) is 12.8. The van der Waals surface area contributed by atoms with Crippen molar-refractivity contribution in [3.05, 3.63) is 24.0 Å². The number of imide groups is 1. The lowest BCUT2D eigenvalue weighted by molar-refractivity contribution is -0.117. The SMILES string of the molecule is COC(=O)NC(=O)CSc1cc(N)cc(F)c1. The van der Waals surface area contributed by atoms with Gasteiger partial charge in [0.05, 0.1) is 12.9 Å². The average molecular weight is 258 g/mol. The van der Waals surface area contributed by atoms with Crippen LogP contribution < -0.4 is 11.1 Å². The maximum absolute atomic E-state index is 12.9. The Kier molecular flexibility index (Phi) is 4.77. The molecule has 0 aliphatic heterocycles. The molecule has 0 atom stereocenters. The molecule has 3 N–H and O–H groups in total. The molecule has 0 aromatic heterocycles. The van der Waals surface area contributed by atoms with Crippen LogP contribution in [-0.2, 0) is 9.53 Å². The van der Waals surface area contributed by atoms with E-state index in [0.29, 0.717) is 4.90 Å². The van der Waals surface area contributed by atoms with Gasteiger partial charge in [-0.05, 0) is 18.2 Å². The highest BCUT2D eigenvalue weighted by atomic mass is 32.2. The third-order valence-corrected chi connectivity index (χ3v) is 2.67. The molecule has 1 rings (SSSR count). The van der Waals surface area contributed by atoms with Crippen molar-refractivity contribution in [1.82, 2.24) is 5.32 Å². The topological polar surface area (TPSA) is 81.4 Å². The molecule has 0 bridgehead atoms. The molecule has 0 unspecified atom stereocenters. The van der Waals surface area contributed by atoms with E-state index in [4.69, 9.17) is 5.73 Å². The van der Waals surface area contributed by atoms with E-state index in [0.717, 1.165) is 18.9 Å². The predicted molar refractivity (Wildman–Crippen MR) is 62.1 cm³/mol. The molecular weight excluding hydrogens is 247 g/mol. The Hall–Kier alpha value is -1.76. The van der Waals surface area contributed by atoms with Crippen LogP contribution in [0.25, 0.3) is 0 Å². The van der Waals surface area contributed by atoms with E-state index in [9.17, 15) is 14.0 Å². The van der Waals surface area contributed by atoms with Gasteiger partial charge in [-0.3, -0.25) is 10.1 Å². The first-order chi connectivity index (χ1) is 8.01. The number of nitrogens with one attached hydrogen (secondary N) is 1. The smallest absolute Gasteiger partial charge is 0.413 e. The second kappa shape index (κ2) is 6.09. The second-order valence-corrected chi connectivity index (χ2v) is 4.10. The molecule has 0 saturated heterocycles. The number of carbonyl (C=O) groups is 2. The molecule has 1 aromatic rings. The monoisotopic (exact) mass is 258 g/mol. The lowest BCUT2D eigenvalue weighted by Crippen LogP contribution is -2.31. The van der Waals surface area contributed by atoms with Gasteiger partial charge in [0.25, 0.3) is 0 Å². The summed E-state index contributed by atoms with van der Waals surface area (Å²) in [6.45, 7) is 0. The zero-order valence-corrected chi connectivity index (χ0v) is 9.84. The fraction of sp³-hybridized carbons (Fsp3) is 0.200. The van der Waals surface area contributed by atoms with Gasteiger partial charge in [0.15, 0.2) is 0 Å². The Morgan fingerprint density at radius 1 is 1.47 bits per heavy atom. The Morgan fingerprint density at radius 2 is 2.18 bits per heavy atom. The van der Waals surface area contributed by atoms with Crippen LogP contribution in [0.1, 0.15) is 0 Å². The number of hydrogen-bond donors (Lipinski definition) is 2. The van der Waals surface area contributed by atoms with Crippen LogP contribution in [0.5, 0.6) is 0 Å². The quantitative estimate of drug-likeness (QED) is 0.632. The number of thioether (sulfide) groups is 1. The van der Waals surface area contributed by atoms with Gasteiger partial charge in [0, 0.05) is 10.6 Å². The number of hydrogen-bond acceptors (Lipinski definition) is 5. The van der Waals surface area contributed by atoms with Gasteiger partial charge in [-0.25, -0.2) is 9.18 Å². The number of rotatable bonds is 3. The first-order valence-corrected chi connectivity index (χ1v) is 5.56. The largest absolute Gasteiger partial charge is 0.453 e. The molecule has 17 heavy (non-hydrogen) atoms. The molecule has 0 radical (unpaired) electrons. The standard InChI is InChI=1S/C10H11FN2O3S/c1-16-10(15)13-9(14)5-17-8-3-6(11)2-7(12)4-8/h2-4H,5,12H2,1H3,(H,13,14,15). The molecule has 0 spiro atoms. The van der Waals surface area contributed by atoms with Gasteiger partial charge in [-0.1, -0.05) is 0 Å². The van der Waals surface area contributed by atoms with Gasteiger partial charge in [0.1, 0.15) is 5.82 Å². The number of nitrogen functional groups attached to an aromatic ring is 1. The Morgan fingerprint density at radius 3 is 2.76 bits per heavy atom. The number of anilines is 1. The molecule has 0 aliphatic rings. The summed E-state index contributed by atoms with van der Waals surface area (Å²) in [5.74, 6) is -1.02. The lowest BCUT2D eigenvalue weighted by atomic mass is 10.3. The van der Waals surface area contributed by atoms with Crippen LogP contribution in [0.4, 0.5) is 14.9 Å². The molecule has 0 heterocycles. The summed E-state index contributed by atoms with van der Waals surface area (Å²) in [4.78, 5) is 22.4. The summed E-state index contributed by atoms with van der Waals surface area (Å²) in [6.07, 6.45) is -0.825. The van der Waals surface area contributed by atoms with Gasteiger partial charge < -0.3 is 10.5 Å². The second-order valence-electron chi connectivity index (χ2n) is 3.05. The fourth-order valence-corrected chi connectivity index (χ4v) is 1.80. The van der Waals surface area contributed by atoms with Crippen LogP contribution in [0.3, 0.4) is 0 Å². The maximum Gasteiger partial charge on any atom is 0.413 e. The number of amides is 2. The van der Waals surface area contributed by atoms with Gasteiger partial charge in [0.2, 0.25) is 5.91 Å². The Balaban J connectivity index is 2.50. The molecule has 7 heteroatoms. The molecule has 2 amide bonds. The van der Waals surface area contributed by atoms with Crippen molar-refractivity contribution >= 4 is 29.4 Å². The Labute approximate surface area is 102 Å². The lowest BCUT2D eigenvalue weighted by Gasteiger charge is -2.04. The van der Waals surface area contributed by atoms with Crippen LogP contribution in [-0.4, -0.2) is 24.9 Å². The number of nitrogens with two attached hydrogens (primary N) is 1. The molecule has 0 fully saturated rings. The van der Waals surface area contributed by atoms with E-state index >= 15 is 0 Å². The summed E-state index contributed by atoms with van der Waals surface area (Å²) in [5.41, 5.74) is 5.72. The summed E-state index contributed by atoms with van der Waals surface area (Å²) in [7, 11) is 1.16. The van der Waals surface area contributed by atoms with E-state index < -0.39 is 17.8 Å². The third-order valence-electron chi connectivity index (χ3n) is 1.69. The molecule has 1 aromatic carbocycles. The van der Waals surface area contributed by atoms with E-state index in [1.807, 2.05) is 5.32 Å². The first kappa shape index (κ1) is 13.3. The van der Waals surface area contributed by atoms with Crippen molar-refractivity contribution in [1.29, 1.82) is 0 Å². The number of halogens is 1. The van der Waals surface area contributed by atoms with Crippen LogP contribution in [0.15, 0.2) is 23.1 Å². The van der Waals surface area contributed by atoms with Gasteiger partial charge in [-0.2, -0.15) is 0 Å². The highest BCUT2D eigenvalue weighted by molar-refractivity contribution is 8.00. The fourth-order valence-electron chi connectivity index (χ4n) is 1.02. The Bertz CT molecular complexity index is 419. The number of alkyl carbamates (subject to hydrolysis) is 1. The number of ether oxygens (including phenoxy) is 1. The first-order valence-electron chi connectivity index (χ1n) is 4.58. The number of carbonyl (C=O) groups excluding carboxylic acids is 2. The average Bonchev–Trinajstić information content (AvgIpc) is 2.25. The minimum absolute atomic E-state index is 0.0298. The summed E-state index contributed by atoms with van der Waals surface area (Å²) < 4.78 is 17.2. The molecular formula is C10H11FN2O3S. The van der Waals surface area contributed by atoms with Gasteiger partial charge >= 0.3 is 6.09 Å². The minimum atomic E-state index is -0.825. The van der Waals surface area contributed by atoms with E-state index in [-0.39, 0.29) is 11.4 Å². The van der Waals surface area contributed by atoms with Crippen molar-refractivity contribution in [2.45, 2.75) is 4.90 Å². The number of benzene rings is 1. The highest BCUT2D eigenvalue weighted by Gasteiger charge is 2.08. The normalized spacial score (nSPS) is 9.76. The van der Waals surface area contributed by atoms with Crippen LogP contribution >= 0.6 is 11.8 Å². The number of methoxy groups -OCH3 is 1. The molecule has 5 nitrogen and oxygen atoms in total. The van der Waals surface area contributed by atoms with Crippen molar-refractivity contribution in [3.63, 3.8) is 0 Å². The molecule has 92 valence electrons. The zero-order valence-electron chi connectivity index (χ0n) is 9.03. The van der Waals surface area contributed by atoms with E-state index in [1.165, 1.54) is 12.1 Å². The van der Waals surface area contributed by atoms with E-state index in [1.54, 1.807) is 6.07 Å². The highest BCUT2D eigenvalue weighted by Crippen LogP contribution is 2.21. The van der Waals surface area contributed by atoms with Crippen LogP contribution in [0, 0.1) is 5.82 Å². The summed E-state index contributed by atoms with van der Waals surface area (Å²) >= 11 is 1.07. The molecule has 0 saturated carbocycles. The summed E-state index contributed by atoms with van der Waals surface area (Å²) in [5, 5.41) is 1.98. The van der Waals surface area contributed by atoms with Crippen molar-refractivity contribution in [2.75, 3.05) is 18.6 Å². The third kappa shape index (κ3) is 4.73. The minimum Gasteiger partial charge on any atom is -0.453 e. The van der Waals surface area contributed by atoms with Crippen molar-refractivity contribution in [2.24, 2.45) is 0 Å². The maximum atomic E-state index is 12.9. The van der Waals surface area contributed by atoms with Crippen LogP contribution in [0.2, 0.25) is 0 Å². The van der Waals surface area contributed by atoms with Crippen molar-refractivity contribution < 1.29 is 18.7 Å². The predicted octanol–water partition coefficient (Wildman–Crippen LogP) is 1.38. The summed E-state index contributed by atoms with van der Waals surface area (Å²) in [6, 6.07) is 3.98. The van der Waals surface area contributed by atoms with Crippen molar-refractivity contribution in [3.8, 4) is 0 Å².